The summed E-state index contributed by atoms with van der Waals surface area (Å²) in [5, 5.41) is 0. The van der Waals surface area contributed by atoms with E-state index in [9.17, 15) is 0 Å². The molecule has 2 nitrogen and oxygen atoms in total. The van der Waals surface area contributed by atoms with E-state index in [2.05, 4.69) is 28.8 Å². The second kappa shape index (κ2) is 4.01. The van der Waals surface area contributed by atoms with Crippen molar-refractivity contribution in [1.29, 1.82) is 0 Å². The Labute approximate surface area is 84.0 Å². The second-order valence-electron chi connectivity index (χ2n) is 3.42. The van der Waals surface area contributed by atoms with E-state index in [4.69, 9.17) is 5.73 Å². The van der Waals surface area contributed by atoms with Crippen LogP contribution in [0.5, 0.6) is 0 Å². The molecule has 0 radical (unpaired) electrons. The van der Waals surface area contributed by atoms with Gasteiger partial charge in [-0.15, -0.1) is 0 Å². The molecule has 0 saturated heterocycles. The van der Waals surface area contributed by atoms with Crippen LogP contribution in [0.25, 0.3) is 0 Å². The van der Waals surface area contributed by atoms with Gasteiger partial charge >= 0.3 is 0 Å². The van der Waals surface area contributed by atoms with Gasteiger partial charge in [0.1, 0.15) is 0 Å². The molecule has 2 heteroatoms. The highest BCUT2D eigenvalue weighted by atomic mass is 14.9. The van der Waals surface area contributed by atoms with Crippen molar-refractivity contribution in [3.63, 3.8) is 0 Å². The Hall–Kier alpha value is -1.70. The number of aryl methyl sites for hydroxylation is 2. The van der Waals surface area contributed by atoms with Crippen LogP contribution >= 0.6 is 0 Å². The normalized spacial score (nSPS) is 10.3. The molecule has 0 aliphatic heterocycles. The summed E-state index contributed by atoms with van der Waals surface area (Å²) in [7, 11) is 0. The topological polar surface area (TPSA) is 30.9 Å². The largest absolute Gasteiger partial charge is 0.398 e. The first-order chi connectivity index (χ1) is 6.84. The fourth-order valence-corrected chi connectivity index (χ4v) is 1.50. The van der Waals surface area contributed by atoms with Crippen LogP contribution in [0.4, 0.5) is 5.69 Å². The van der Waals surface area contributed by atoms with Gasteiger partial charge in [-0.3, -0.25) is 0 Å². The highest BCUT2D eigenvalue weighted by Crippen LogP contribution is 2.05. The molecule has 0 spiro atoms. The lowest BCUT2D eigenvalue weighted by molar-refractivity contribution is 0.701. The van der Waals surface area contributed by atoms with Gasteiger partial charge in [0.25, 0.3) is 0 Å². The molecule has 0 amide bonds. The quantitative estimate of drug-likeness (QED) is 0.783. The van der Waals surface area contributed by atoms with Gasteiger partial charge in [-0.05, 0) is 18.1 Å². The molecular weight excluding hydrogens is 172 g/mol. The number of rotatable bonds is 3. The zero-order chi connectivity index (χ0) is 9.80. The standard InChI is InChI=1S/C12H14N2/c13-12-7-9-14(10-12)8-6-11-4-2-1-3-5-11/h1-5,7,9-10H,6,8,13H2. The Morgan fingerprint density at radius 1 is 1.07 bits per heavy atom. The zero-order valence-corrected chi connectivity index (χ0v) is 8.06. The first kappa shape index (κ1) is 8.88. The molecule has 0 aliphatic carbocycles. The van der Waals surface area contributed by atoms with Crippen molar-refractivity contribution >= 4 is 5.69 Å². The average Bonchev–Trinajstić information content (AvgIpc) is 2.63. The minimum atomic E-state index is 0.832. The third-order valence-corrected chi connectivity index (χ3v) is 2.27. The summed E-state index contributed by atoms with van der Waals surface area (Å²) in [6.07, 6.45) is 5.02. The number of benzene rings is 1. The number of nitrogens with zero attached hydrogens (tertiary/aromatic N) is 1. The van der Waals surface area contributed by atoms with Crippen LogP contribution in [0, 0.1) is 0 Å². The zero-order valence-electron chi connectivity index (χ0n) is 8.06. The molecule has 1 heterocycles. The van der Waals surface area contributed by atoms with Gasteiger partial charge in [0.2, 0.25) is 0 Å². The van der Waals surface area contributed by atoms with Gasteiger partial charge in [0, 0.05) is 24.6 Å². The van der Waals surface area contributed by atoms with E-state index in [1.165, 1.54) is 5.56 Å². The Balaban J connectivity index is 1.95. The molecule has 0 atom stereocenters. The molecule has 2 N–H and O–H groups in total. The highest BCUT2D eigenvalue weighted by Gasteiger charge is 1.94. The molecule has 1 aromatic carbocycles. The summed E-state index contributed by atoms with van der Waals surface area (Å²) >= 11 is 0. The van der Waals surface area contributed by atoms with E-state index < -0.39 is 0 Å². The number of nitrogens with two attached hydrogens (primary N) is 1. The van der Waals surface area contributed by atoms with Gasteiger partial charge in [-0.1, -0.05) is 30.3 Å². The van der Waals surface area contributed by atoms with Crippen LogP contribution in [0.2, 0.25) is 0 Å². The predicted octanol–water partition coefficient (Wildman–Crippen LogP) is 2.31. The van der Waals surface area contributed by atoms with E-state index in [1.807, 2.05) is 24.5 Å². The molecule has 0 unspecified atom stereocenters. The monoisotopic (exact) mass is 186 g/mol. The molecule has 2 rings (SSSR count). The van der Waals surface area contributed by atoms with Crippen molar-refractivity contribution in [3.8, 4) is 0 Å². The molecule has 14 heavy (non-hydrogen) atoms. The Morgan fingerprint density at radius 2 is 1.86 bits per heavy atom. The van der Waals surface area contributed by atoms with Crippen LogP contribution in [0.3, 0.4) is 0 Å². The Morgan fingerprint density at radius 3 is 2.50 bits per heavy atom. The van der Waals surface area contributed by atoms with E-state index in [-0.39, 0.29) is 0 Å². The van der Waals surface area contributed by atoms with E-state index >= 15 is 0 Å². The van der Waals surface area contributed by atoms with Crippen LogP contribution in [-0.4, -0.2) is 4.57 Å². The van der Waals surface area contributed by atoms with Crippen LogP contribution in [0.1, 0.15) is 5.56 Å². The van der Waals surface area contributed by atoms with Gasteiger partial charge in [0.15, 0.2) is 0 Å². The highest BCUT2D eigenvalue weighted by molar-refractivity contribution is 5.34. The van der Waals surface area contributed by atoms with E-state index in [0.717, 1.165) is 18.7 Å². The number of nitrogen functional groups attached to an aromatic ring is 1. The summed E-state index contributed by atoms with van der Waals surface area (Å²) < 4.78 is 2.11. The van der Waals surface area contributed by atoms with E-state index in [0.29, 0.717) is 0 Å². The van der Waals surface area contributed by atoms with Crippen LogP contribution in [-0.2, 0) is 13.0 Å². The maximum absolute atomic E-state index is 5.63. The van der Waals surface area contributed by atoms with Gasteiger partial charge in [0.05, 0.1) is 0 Å². The summed E-state index contributed by atoms with van der Waals surface area (Å²) in [5.74, 6) is 0. The van der Waals surface area contributed by atoms with Crippen LogP contribution < -0.4 is 5.73 Å². The van der Waals surface area contributed by atoms with Crippen molar-refractivity contribution in [2.24, 2.45) is 0 Å². The summed E-state index contributed by atoms with van der Waals surface area (Å²) in [6, 6.07) is 12.4. The number of hydrogen-bond acceptors (Lipinski definition) is 1. The van der Waals surface area contributed by atoms with Gasteiger partial charge in [-0.2, -0.15) is 0 Å². The predicted molar refractivity (Wildman–Crippen MR) is 59.0 cm³/mol. The molecule has 0 fully saturated rings. The molecule has 72 valence electrons. The number of anilines is 1. The Bertz CT molecular complexity index is 390. The summed E-state index contributed by atoms with van der Waals surface area (Å²) in [5.41, 5.74) is 7.82. The minimum Gasteiger partial charge on any atom is -0.398 e. The molecule has 2 aromatic rings. The maximum atomic E-state index is 5.63. The molecular formula is C12H14N2. The average molecular weight is 186 g/mol. The number of aromatic nitrogens is 1. The summed E-state index contributed by atoms with van der Waals surface area (Å²) in [6.45, 7) is 0.987. The fourth-order valence-electron chi connectivity index (χ4n) is 1.50. The second-order valence-corrected chi connectivity index (χ2v) is 3.42. The van der Waals surface area contributed by atoms with Crippen LogP contribution in [0.15, 0.2) is 48.8 Å². The van der Waals surface area contributed by atoms with Crippen molar-refractivity contribution in [2.45, 2.75) is 13.0 Å². The van der Waals surface area contributed by atoms with Gasteiger partial charge < -0.3 is 10.3 Å². The molecule has 0 bridgehead atoms. The first-order valence-corrected chi connectivity index (χ1v) is 4.80. The first-order valence-electron chi connectivity index (χ1n) is 4.80. The molecule has 1 aromatic heterocycles. The van der Waals surface area contributed by atoms with Crippen molar-refractivity contribution in [2.75, 3.05) is 5.73 Å². The lowest BCUT2D eigenvalue weighted by Crippen LogP contribution is -1.98. The lowest BCUT2D eigenvalue weighted by atomic mass is 10.1. The molecule has 0 aliphatic rings. The molecule has 0 saturated carbocycles. The lowest BCUT2D eigenvalue weighted by Gasteiger charge is -2.02. The van der Waals surface area contributed by atoms with E-state index in [1.54, 1.807) is 0 Å². The van der Waals surface area contributed by atoms with Crippen molar-refractivity contribution in [1.82, 2.24) is 4.57 Å². The fraction of sp³-hybridized carbons (Fsp3) is 0.167. The third kappa shape index (κ3) is 2.16. The Kier molecular flexibility index (Phi) is 2.54. The summed E-state index contributed by atoms with van der Waals surface area (Å²) in [4.78, 5) is 0. The minimum absolute atomic E-state index is 0.832. The third-order valence-electron chi connectivity index (χ3n) is 2.27. The SMILES string of the molecule is Nc1ccn(CCc2ccccc2)c1. The maximum Gasteiger partial charge on any atom is 0.0493 e. The number of hydrogen-bond donors (Lipinski definition) is 1. The van der Waals surface area contributed by atoms with Gasteiger partial charge in [-0.25, -0.2) is 0 Å². The smallest absolute Gasteiger partial charge is 0.0493 e. The van der Waals surface area contributed by atoms with Crippen molar-refractivity contribution < 1.29 is 0 Å². The van der Waals surface area contributed by atoms with Crippen molar-refractivity contribution in [3.05, 3.63) is 54.4 Å².